The van der Waals surface area contributed by atoms with Crippen LogP contribution in [0.3, 0.4) is 0 Å². The maximum absolute atomic E-state index is 10.4. The number of aliphatic imine (C=N–C) groups is 1. The van der Waals surface area contributed by atoms with Crippen molar-refractivity contribution in [2.24, 2.45) is 4.99 Å². The molecule has 0 aliphatic carbocycles. The van der Waals surface area contributed by atoms with Crippen LogP contribution in [0.2, 0.25) is 5.02 Å². The van der Waals surface area contributed by atoms with Gasteiger partial charge in [0.25, 0.3) is 0 Å². The molecule has 3 aromatic carbocycles. The number of benzene rings is 3. The largest absolute Gasteiger partial charge is 0.504 e. The van der Waals surface area contributed by atoms with Gasteiger partial charge < -0.3 is 14.3 Å². The van der Waals surface area contributed by atoms with E-state index in [-0.39, 0.29) is 5.75 Å². The number of hydrogen-bond acceptors (Lipinski definition) is 5. The van der Waals surface area contributed by atoms with Crippen molar-refractivity contribution in [1.29, 1.82) is 0 Å². The fraction of sp³-hybridized carbons (Fsp3) is 0.0476. The third-order valence-corrected chi connectivity index (χ3v) is 6.44. The number of ether oxygens (including phenoxy) is 1. The van der Waals surface area contributed by atoms with Crippen molar-refractivity contribution in [3.63, 3.8) is 0 Å². The van der Waals surface area contributed by atoms with Gasteiger partial charge in [0.1, 0.15) is 5.52 Å². The summed E-state index contributed by atoms with van der Waals surface area (Å²) in [6, 6.07) is 14.4. The van der Waals surface area contributed by atoms with E-state index in [0.717, 1.165) is 10.0 Å². The number of hydrogen-bond donors (Lipinski definition) is 1. The number of nitrogens with zero attached hydrogens (tertiary/aromatic N) is 2. The SMILES string of the molecule is COc1cc(Br)c(Br)c(C=Nc2cccc(-c3nc4cc(Cl)ccc4o3)c2)c1O. The summed E-state index contributed by atoms with van der Waals surface area (Å²) in [5, 5.41) is 11.0. The molecule has 0 aliphatic heterocycles. The maximum atomic E-state index is 10.4. The molecule has 5 nitrogen and oxygen atoms in total. The highest BCUT2D eigenvalue weighted by atomic mass is 79.9. The molecule has 0 unspecified atom stereocenters. The molecule has 0 saturated carbocycles. The first-order valence-corrected chi connectivity index (χ1v) is 10.4. The minimum atomic E-state index is -0.00157. The Bertz CT molecular complexity index is 1250. The van der Waals surface area contributed by atoms with Gasteiger partial charge >= 0.3 is 0 Å². The van der Waals surface area contributed by atoms with Gasteiger partial charge in [-0.2, -0.15) is 0 Å². The molecule has 4 rings (SSSR count). The molecule has 0 spiro atoms. The number of oxazole rings is 1. The fourth-order valence-corrected chi connectivity index (χ4v) is 3.76. The Morgan fingerprint density at radius 2 is 2.00 bits per heavy atom. The summed E-state index contributed by atoms with van der Waals surface area (Å²) in [5.74, 6) is 0.825. The van der Waals surface area contributed by atoms with Gasteiger partial charge in [0.2, 0.25) is 5.89 Å². The van der Waals surface area contributed by atoms with E-state index in [1.54, 1.807) is 30.5 Å². The van der Waals surface area contributed by atoms with Crippen molar-refractivity contribution in [1.82, 2.24) is 4.98 Å². The average molecular weight is 537 g/mol. The monoisotopic (exact) mass is 534 g/mol. The Hall–Kier alpha value is -2.35. The van der Waals surface area contributed by atoms with Gasteiger partial charge in [-0.25, -0.2) is 4.98 Å². The van der Waals surface area contributed by atoms with Crippen molar-refractivity contribution in [3.05, 3.63) is 68.1 Å². The minimum absolute atomic E-state index is 0.00157. The molecular weight excluding hydrogens is 524 g/mol. The standard InChI is InChI=1S/C21H13Br2ClN2O3/c1-28-18-9-15(22)19(23)14(20(18)27)10-25-13-4-2-3-11(7-13)21-26-16-8-12(24)5-6-17(16)29-21/h2-10,27H,1H3. The van der Waals surface area contributed by atoms with Crippen molar-refractivity contribution in [3.8, 4) is 23.0 Å². The Morgan fingerprint density at radius 1 is 1.17 bits per heavy atom. The summed E-state index contributed by atoms with van der Waals surface area (Å²) in [6.07, 6.45) is 1.57. The number of fused-ring (bicyclic) bond motifs is 1. The number of phenolic OH excluding ortho intramolecular Hbond substituents is 1. The lowest BCUT2D eigenvalue weighted by atomic mass is 10.2. The lowest BCUT2D eigenvalue weighted by Crippen LogP contribution is -1.91. The van der Waals surface area contributed by atoms with Crippen LogP contribution in [0.15, 0.2) is 66.9 Å². The first-order valence-electron chi connectivity index (χ1n) is 8.42. The molecule has 1 heterocycles. The molecule has 0 bridgehead atoms. The van der Waals surface area contributed by atoms with E-state index in [1.165, 1.54) is 7.11 Å². The summed E-state index contributed by atoms with van der Waals surface area (Å²) < 4.78 is 12.4. The van der Waals surface area contributed by atoms with E-state index in [0.29, 0.717) is 43.5 Å². The van der Waals surface area contributed by atoms with E-state index in [1.807, 2.05) is 24.3 Å². The summed E-state index contributed by atoms with van der Waals surface area (Å²) >= 11 is 12.9. The van der Waals surface area contributed by atoms with E-state index in [9.17, 15) is 5.11 Å². The van der Waals surface area contributed by atoms with E-state index in [4.69, 9.17) is 20.8 Å². The highest BCUT2D eigenvalue weighted by Gasteiger charge is 2.14. The molecule has 146 valence electrons. The van der Waals surface area contributed by atoms with Gasteiger partial charge in [0.15, 0.2) is 17.1 Å². The van der Waals surface area contributed by atoms with Gasteiger partial charge in [-0.15, -0.1) is 0 Å². The number of methoxy groups -OCH3 is 1. The molecule has 0 atom stereocenters. The van der Waals surface area contributed by atoms with Crippen LogP contribution >= 0.6 is 43.5 Å². The van der Waals surface area contributed by atoms with Crippen LogP contribution in [0.1, 0.15) is 5.56 Å². The second kappa shape index (κ2) is 8.18. The second-order valence-electron chi connectivity index (χ2n) is 6.08. The van der Waals surface area contributed by atoms with Crippen LogP contribution in [0.25, 0.3) is 22.6 Å². The molecule has 4 aromatic rings. The summed E-state index contributed by atoms with van der Waals surface area (Å²) in [6.45, 7) is 0. The molecule has 0 aliphatic rings. The van der Waals surface area contributed by atoms with Crippen LogP contribution in [0, 0.1) is 0 Å². The van der Waals surface area contributed by atoms with E-state index in [2.05, 4.69) is 41.8 Å². The number of aromatic nitrogens is 1. The Labute approximate surface area is 188 Å². The normalized spacial score (nSPS) is 11.4. The van der Waals surface area contributed by atoms with Crippen LogP contribution in [0.4, 0.5) is 5.69 Å². The lowest BCUT2D eigenvalue weighted by molar-refractivity contribution is 0.372. The molecule has 0 saturated heterocycles. The number of phenols is 1. The van der Waals surface area contributed by atoms with Gasteiger partial charge in [0, 0.05) is 25.7 Å². The van der Waals surface area contributed by atoms with Crippen LogP contribution < -0.4 is 4.74 Å². The van der Waals surface area contributed by atoms with Crippen LogP contribution in [0.5, 0.6) is 11.5 Å². The molecule has 0 amide bonds. The fourth-order valence-electron chi connectivity index (χ4n) is 2.77. The molecule has 1 N–H and O–H groups in total. The first-order chi connectivity index (χ1) is 14.0. The molecular formula is C21H13Br2ClN2O3. The van der Waals surface area contributed by atoms with Gasteiger partial charge in [-0.05, 0) is 74.3 Å². The minimum Gasteiger partial charge on any atom is -0.504 e. The molecule has 0 radical (unpaired) electrons. The van der Waals surface area contributed by atoms with Crippen molar-refractivity contribution < 1.29 is 14.3 Å². The summed E-state index contributed by atoms with van der Waals surface area (Å²) in [7, 11) is 1.49. The van der Waals surface area contributed by atoms with Gasteiger partial charge in [-0.1, -0.05) is 17.7 Å². The second-order valence-corrected chi connectivity index (χ2v) is 8.16. The lowest BCUT2D eigenvalue weighted by Gasteiger charge is -2.09. The highest BCUT2D eigenvalue weighted by molar-refractivity contribution is 9.13. The topological polar surface area (TPSA) is 67.9 Å². The van der Waals surface area contributed by atoms with Crippen LogP contribution in [-0.4, -0.2) is 23.4 Å². The third-order valence-electron chi connectivity index (χ3n) is 4.20. The van der Waals surface area contributed by atoms with Crippen LogP contribution in [-0.2, 0) is 0 Å². The third kappa shape index (κ3) is 4.03. The molecule has 8 heteroatoms. The zero-order valence-corrected chi connectivity index (χ0v) is 18.9. The smallest absolute Gasteiger partial charge is 0.227 e. The zero-order valence-electron chi connectivity index (χ0n) is 15.0. The molecule has 0 fully saturated rings. The molecule has 1 aromatic heterocycles. The van der Waals surface area contributed by atoms with Gasteiger partial charge in [0.05, 0.1) is 18.4 Å². The Morgan fingerprint density at radius 3 is 2.79 bits per heavy atom. The predicted molar refractivity (Wildman–Crippen MR) is 122 cm³/mol. The summed E-state index contributed by atoms with van der Waals surface area (Å²) in [4.78, 5) is 8.98. The average Bonchev–Trinajstić information content (AvgIpc) is 3.14. The Balaban J connectivity index is 1.70. The number of halogens is 3. The molecule has 29 heavy (non-hydrogen) atoms. The van der Waals surface area contributed by atoms with Crippen molar-refractivity contribution >= 4 is 66.5 Å². The van der Waals surface area contributed by atoms with E-state index < -0.39 is 0 Å². The maximum Gasteiger partial charge on any atom is 0.227 e. The number of aromatic hydroxyl groups is 1. The Kier molecular flexibility index (Phi) is 5.63. The summed E-state index contributed by atoms with van der Waals surface area (Å²) in [5.41, 5.74) is 3.30. The zero-order chi connectivity index (χ0) is 20.5. The van der Waals surface area contributed by atoms with Gasteiger partial charge in [-0.3, -0.25) is 4.99 Å². The first kappa shape index (κ1) is 19.9. The highest BCUT2D eigenvalue weighted by Crippen LogP contribution is 2.39. The van der Waals surface area contributed by atoms with E-state index >= 15 is 0 Å². The van der Waals surface area contributed by atoms with Crippen molar-refractivity contribution in [2.75, 3.05) is 7.11 Å². The number of rotatable bonds is 4. The predicted octanol–water partition coefficient (Wildman–Crippen LogP) is 7.14. The van der Waals surface area contributed by atoms with Crippen molar-refractivity contribution in [2.45, 2.75) is 0 Å². The quantitative estimate of drug-likeness (QED) is 0.282.